The van der Waals surface area contributed by atoms with Crippen molar-refractivity contribution >= 4 is 0 Å². The van der Waals surface area contributed by atoms with Crippen LogP contribution in [0, 0.1) is 0 Å². The van der Waals surface area contributed by atoms with E-state index in [1.165, 1.54) is 0 Å². The molecule has 0 amide bonds. The molecule has 4 nitrogen and oxygen atoms in total. The molecule has 0 aliphatic heterocycles. The van der Waals surface area contributed by atoms with Crippen LogP contribution < -0.4 is 0 Å². The number of nitrogens with zero attached hydrogens (tertiary/aromatic N) is 3. The van der Waals surface area contributed by atoms with Crippen molar-refractivity contribution in [2.24, 2.45) is 0 Å². The summed E-state index contributed by atoms with van der Waals surface area (Å²) in [6.07, 6.45) is 3.59. The van der Waals surface area contributed by atoms with Crippen molar-refractivity contribution in [2.45, 2.75) is 0 Å². The molecule has 0 N–H and O–H groups in total. The molecular weight excluding hydrogens is 274 g/mol. The van der Waals surface area contributed by atoms with Gasteiger partial charge in [-0.2, -0.15) is 10.1 Å². The molecule has 0 radical (unpaired) electrons. The second-order valence-corrected chi connectivity index (χ2v) is 4.85. The fraction of sp³-hybridized carbons (Fsp3) is 0. The number of benzene rings is 2. The molecule has 106 valence electrons. The Morgan fingerprint density at radius 3 is 2.09 bits per heavy atom. The van der Waals surface area contributed by atoms with Gasteiger partial charge in [-0.1, -0.05) is 48.5 Å². The second-order valence-electron chi connectivity index (χ2n) is 4.85. The molecule has 0 aliphatic carbocycles. The van der Waals surface area contributed by atoms with Crippen molar-refractivity contribution in [2.75, 3.05) is 0 Å². The topological polar surface area (TPSA) is 43.9 Å². The highest BCUT2D eigenvalue weighted by molar-refractivity contribution is 5.68. The lowest BCUT2D eigenvalue weighted by Gasteiger charge is -2.00. The predicted octanol–water partition coefficient (Wildman–Crippen LogP) is 4.19. The summed E-state index contributed by atoms with van der Waals surface area (Å²) in [7, 11) is 0. The Morgan fingerprint density at radius 1 is 0.773 bits per heavy atom. The first-order valence-corrected chi connectivity index (χ1v) is 7.03. The van der Waals surface area contributed by atoms with Crippen molar-refractivity contribution in [1.82, 2.24) is 14.8 Å². The van der Waals surface area contributed by atoms with Crippen LogP contribution in [0.4, 0.5) is 0 Å². The normalized spacial score (nSPS) is 10.7. The van der Waals surface area contributed by atoms with Gasteiger partial charge in [0, 0.05) is 23.5 Å². The first kappa shape index (κ1) is 12.6. The lowest BCUT2D eigenvalue weighted by molar-refractivity contribution is 0.587. The molecule has 0 atom stereocenters. The van der Waals surface area contributed by atoms with Crippen molar-refractivity contribution in [3.05, 3.63) is 79.1 Å². The summed E-state index contributed by atoms with van der Waals surface area (Å²) in [5, 5.41) is 4.27. The molecule has 22 heavy (non-hydrogen) atoms. The zero-order valence-corrected chi connectivity index (χ0v) is 11.8. The number of rotatable bonds is 3. The van der Waals surface area contributed by atoms with Gasteiger partial charge in [-0.15, -0.1) is 0 Å². The van der Waals surface area contributed by atoms with E-state index in [-0.39, 0.29) is 0 Å². The van der Waals surface area contributed by atoms with Crippen LogP contribution >= 0.6 is 0 Å². The van der Waals surface area contributed by atoms with Crippen molar-refractivity contribution in [1.29, 1.82) is 0 Å². The van der Waals surface area contributed by atoms with E-state index in [9.17, 15) is 0 Å². The maximum Gasteiger partial charge on any atom is 0.228 e. The minimum atomic E-state index is 0.588. The van der Waals surface area contributed by atoms with Gasteiger partial charge in [-0.3, -0.25) is 0 Å². The Kier molecular flexibility index (Phi) is 3.05. The highest BCUT2D eigenvalue weighted by atomic mass is 16.4. The average molecular weight is 287 g/mol. The van der Waals surface area contributed by atoms with E-state index >= 15 is 0 Å². The van der Waals surface area contributed by atoms with Crippen LogP contribution in [0.25, 0.3) is 28.6 Å². The maximum absolute atomic E-state index is 6.04. The molecule has 4 heteroatoms. The first-order chi connectivity index (χ1) is 10.9. The fourth-order valence-electron chi connectivity index (χ4n) is 2.34. The van der Waals surface area contributed by atoms with Crippen LogP contribution in [-0.4, -0.2) is 14.8 Å². The van der Waals surface area contributed by atoms with E-state index in [1.54, 1.807) is 10.9 Å². The van der Waals surface area contributed by atoms with E-state index in [2.05, 4.69) is 10.1 Å². The van der Waals surface area contributed by atoms with Crippen molar-refractivity contribution in [3.63, 3.8) is 0 Å². The highest BCUT2D eigenvalue weighted by Crippen LogP contribution is 2.31. The lowest BCUT2D eigenvalue weighted by Crippen LogP contribution is -1.96. The third-order valence-electron chi connectivity index (χ3n) is 3.39. The molecule has 4 rings (SSSR count). The van der Waals surface area contributed by atoms with Gasteiger partial charge in [0.25, 0.3) is 0 Å². The van der Waals surface area contributed by atoms with Crippen LogP contribution in [0.5, 0.6) is 0 Å². The van der Waals surface area contributed by atoms with Gasteiger partial charge in [0.05, 0.1) is 0 Å². The number of oxazole rings is 1. The van der Waals surface area contributed by atoms with E-state index in [0.717, 1.165) is 11.1 Å². The van der Waals surface area contributed by atoms with Gasteiger partial charge in [0.2, 0.25) is 11.7 Å². The fourth-order valence-corrected chi connectivity index (χ4v) is 2.34. The molecule has 0 saturated heterocycles. The quantitative estimate of drug-likeness (QED) is 0.567. The molecule has 2 aromatic heterocycles. The minimum Gasteiger partial charge on any atom is -0.434 e. The Bertz CT molecular complexity index is 865. The van der Waals surface area contributed by atoms with Gasteiger partial charge in [-0.25, -0.2) is 4.68 Å². The highest BCUT2D eigenvalue weighted by Gasteiger charge is 2.17. The summed E-state index contributed by atoms with van der Waals surface area (Å²) >= 11 is 0. The van der Waals surface area contributed by atoms with E-state index in [1.807, 2.05) is 72.9 Å². The molecule has 2 aromatic carbocycles. The van der Waals surface area contributed by atoms with Crippen molar-refractivity contribution < 1.29 is 4.42 Å². The van der Waals surface area contributed by atoms with Crippen LogP contribution in [-0.2, 0) is 0 Å². The molecule has 0 saturated carbocycles. The molecule has 0 fully saturated rings. The van der Waals surface area contributed by atoms with E-state index < -0.39 is 0 Å². The molecule has 0 aliphatic rings. The number of hydrogen-bond acceptors (Lipinski definition) is 3. The van der Waals surface area contributed by atoms with E-state index in [0.29, 0.717) is 17.5 Å². The van der Waals surface area contributed by atoms with Crippen LogP contribution in [0.15, 0.2) is 83.5 Å². The Labute approximate surface area is 127 Å². The number of aromatic nitrogens is 3. The van der Waals surface area contributed by atoms with Crippen molar-refractivity contribution in [3.8, 4) is 28.6 Å². The SMILES string of the molecule is c1ccc(-c2nc(-n3cccn3)c(-c3ccccc3)o2)cc1. The minimum absolute atomic E-state index is 0.588. The molecule has 0 unspecified atom stereocenters. The number of hydrogen-bond donors (Lipinski definition) is 0. The van der Waals surface area contributed by atoms with Gasteiger partial charge in [0.1, 0.15) is 0 Å². The summed E-state index contributed by atoms with van der Waals surface area (Å²) in [5.41, 5.74) is 1.92. The zero-order valence-electron chi connectivity index (χ0n) is 11.8. The molecular formula is C18H13N3O. The molecule has 2 heterocycles. The standard InChI is InChI=1S/C18H13N3O/c1-3-8-14(9-4-1)16-17(21-13-7-12-19-21)20-18(22-16)15-10-5-2-6-11-15/h1-13H. The molecule has 4 aromatic rings. The Morgan fingerprint density at radius 2 is 1.45 bits per heavy atom. The largest absolute Gasteiger partial charge is 0.434 e. The maximum atomic E-state index is 6.04. The van der Waals surface area contributed by atoms with E-state index in [4.69, 9.17) is 4.42 Å². The van der Waals surface area contributed by atoms with Crippen LogP contribution in [0.1, 0.15) is 0 Å². The summed E-state index contributed by atoms with van der Waals surface area (Å²) in [5.74, 6) is 1.99. The summed E-state index contributed by atoms with van der Waals surface area (Å²) in [4.78, 5) is 4.63. The summed E-state index contributed by atoms with van der Waals surface area (Å²) in [6.45, 7) is 0. The van der Waals surface area contributed by atoms with Crippen LogP contribution in [0.2, 0.25) is 0 Å². The first-order valence-electron chi connectivity index (χ1n) is 7.03. The van der Waals surface area contributed by atoms with Gasteiger partial charge in [0.15, 0.2) is 5.76 Å². The summed E-state index contributed by atoms with van der Waals surface area (Å²) in [6, 6.07) is 21.7. The Hall–Kier alpha value is -3.14. The van der Waals surface area contributed by atoms with Crippen LogP contribution in [0.3, 0.4) is 0 Å². The predicted molar refractivity (Wildman–Crippen MR) is 84.5 cm³/mol. The smallest absolute Gasteiger partial charge is 0.228 e. The van der Waals surface area contributed by atoms with Gasteiger partial charge in [-0.05, 0) is 18.2 Å². The third-order valence-corrected chi connectivity index (χ3v) is 3.39. The molecule has 0 bridgehead atoms. The van der Waals surface area contributed by atoms with Gasteiger partial charge < -0.3 is 4.42 Å². The van der Waals surface area contributed by atoms with Gasteiger partial charge >= 0.3 is 0 Å². The molecule has 0 spiro atoms. The summed E-state index contributed by atoms with van der Waals surface area (Å²) < 4.78 is 7.76. The Balaban J connectivity index is 1.91. The monoisotopic (exact) mass is 287 g/mol. The third kappa shape index (κ3) is 2.20. The zero-order chi connectivity index (χ0) is 14.8. The average Bonchev–Trinajstić information content (AvgIpc) is 3.26. The lowest BCUT2D eigenvalue weighted by atomic mass is 10.2. The second kappa shape index (κ2) is 5.33.